The van der Waals surface area contributed by atoms with Gasteiger partial charge in [-0.25, -0.2) is 0 Å². The number of unbranched alkanes of at least 4 members (excludes halogenated alkanes) is 7. The molecule has 0 N–H and O–H groups in total. The molecule has 4 nitrogen and oxygen atoms in total. The molecule has 4 heteroatoms. The molecule has 0 aromatic heterocycles. The Morgan fingerprint density at radius 3 is 2.05 bits per heavy atom. The zero-order valence-corrected chi connectivity index (χ0v) is 13.3. The van der Waals surface area contributed by atoms with Gasteiger partial charge in [0.2, 0.25) is 0 Å². The lowest BCUT2D eigenvalue weighted by Crippen LogP contribution is -2.18. The van der Waals surface area contributed by atoms with E-state index in [2.05, 4.69) is 6.92 Å². The predicted octanol–water partition coefficient (Wildman–Crippen LogP) is 4.01. The SMILES string of the molecule is CCCCCCCCCCOC(=O)CC(C)OC(C)=O. The first-order valence-corrected chi connectivity index (χ1v) is 7.89. The van der Waals surface area contributed by atoms with Gasteiger partial charge in [0.1, 0.15) is 6.10 Å². The maximum atomic E-state index is 11.4. The van der Waals surface area contributed by atoms with Crippen LogP contribution >= 0.6 is 0 Å². The van der Waals surface area contributed by atoms with Crippen LogP contribution in [-0.2, 0) is 19.1 Å². The predicted molar refractivity (Wildman–Crippen MR) is 79.4 cm³/mol. The van der Waals surface area contributed by atoms with E-state index in [1.54, 1.807) is 6.92 Å². The fourth-order valence-electron chi connectivity index (χ4n) is 2.04. The molecule has 118 valence electrons. The van der Waals surface area contributed by atoms with E-state index in [0.717, 1.165) is 12.8 Å². The summed E-state index contributed by atoms with van der Waals surface area (Å²) in [5.41, 5.74) is 0. The summed E-state index contributed by atoms with van der Waals surface area (Å²) in [4.78, 5) is 22.1. The standard InChI is InChI=1S/C16H30O4/c1-4-5-6-7-8-9-10-11-12-19-16(18)13-14(2)20-15(3)17/h14H,4-13H2,1-3H3. The zero-order chi connectivity index (χ0) is 15.2. The highest BCUT2D eigenvalue weighted by molar-refractivity contribution is 5.71. The summed E-state index contributed by atoms with van der Waals surface area (Å²) in [6.07, 6.45) is 9.51. The van der Waals surface area contributed by atoms with E-state index in [-0.39, 0.29) is 18.4 Å². The van der Waals surface area contributed by atoms with Crippen LogP contribution in [0.1, 0.15) is 78.6 Å². The van der Waals surface area contributed by atoms with Gasteiger partial charge in [-0.1, -0.05) is 51.9 Å². The maximum Gasteiger partial charge on any atom is 0.309 e. The van der Waals surface area contributed by atoms with Crippen molar-refractivity contribution in [3.05, 3.63) is 0 Å². The van der Waals surface area contributed by atoms with E-state index < -0.39 is 6.10 Å². The summed E-state index contributed by atoms with van der Waals surface area (Å²) in [5, 5.41) is 0. The highest BCUT2D eigenvalue weighted by Crippen LogP contribution is 2.08. The summed E-state index contributed by atoms with van der Waals surface area (Å²) in [5.74, 6) is -0.657. The van der Waals surface area contributed by atoms with Crippen LogP contribution in [0.15, 0.2) is 0 Å². The van der Waals surface area contributed by atoms with Crippen LogP contribution in [0, 0.1) is 0 Å². The Kier molecular flexibility index (Phi) is 12.3. The number of carbonyl (C=O) groups is 2. The molecular formula is C16H30O4. The van der Waals surface area contributed by atoms with Gasteiger partial charge >= 0.3 is 11.9 Å². The van der Waals surface area contributed by atoms with Crippen molar-refractivity contribution in [2.45, 2.75) is 84.7 Å². The molecule has 0 aromatic carbocycles. The smallest absolute Gasteiger partial charge is 0.309 e. The normalized spacial score (nSPS) is 11.9. The summed E-state index contributed by atoms with van der Waals surface area (Å²) in [7, 11) is 0. The Bertz CT molecular complexity index is 263. The average Bonchev–Trinajstić information content (AvgIpc) is 2.35. The van der Waals surface area contributed by atoms with Crippen LogP contribution in [0.4, 0.5) is 0 Å². The minimum absolute atomic E-state index is 0.136. The largest absolute Gasteiger partial charge is 0.466 e. The topological polar surface area (TPSA) is 52.6 Å². The van der Waals surface area contributed by atoms with Gasteiger partial charge in [0.25, 0.3) is 0 Å². The highest BCUT2D eigenvalue weighted by atomic mass is 16.6. The fourth-order valence-corrected chi connectivity index (χ4v) is 2.04. The molecule has 0 fully saturated rings. The van der Waals surface area contributed by atoms with Crippen molar-refractivity contribution in [3.63, 3.8) is 0 Å². The monoisotopic (exact) mass is 286 g/mol. The van der Waals surface area contributed by atoms with Gasteiger partial charge < -0.3 is 9.47 Å². The van der Waals surface area contributed by atoms with Crippen LogP contribution in [0.2, 0.25) is 0 Å². The first-order chi connectivity index (χ1) is 9.56. The van der Waals surface area contributed by atoms with Crippen LogP contribution in [-0.4, -0.2) is 24.6 Å². The third-order valence-electron chi connectivity index (χ3n) is 3.08. The van der Waals surface area contributed by atoms with Gasteiger partial charge in [-0.05, 0) is 13.3 Å². The second-order valence-corrected chi connectivity index (χ2v) is 5.32. The molecule has 0 aliphatic heterocycles. The Morgan fingerprint density at radius 2 is 1.50 bits per heavy atom. The molecule has 0 aromatic rings. The number of carbonyl (C=O) groups excluding carboxylic acids is 2. The fraction of sp³-hybridized carbons (Fsp3) is 0.875. The van der Waals surface area contributed by atoms with Crippen molar-refractivity contribution in [2.75, 3.05) is 6.61 Å². The van der Waals surface area contributed by atoms with Crippen molar-refractivity contribution >= 4 is 11.9 Å². The van der Waals surface area contributed by atoms with Crippen molar-refractivity contribution in [1.82, 2.24) is 0 Å². The molecule has 0 aliphatic carbocycles. The lowest BCUT2D eigenvalue weighted by Gasteiger charge is -2.11. The van der Waals surface area contributed by atoms with Crippen LogP contribution < -0.4 is 0 Å². The van der Waals surface area contributed by atoms with Gasteiger partial charge in [-0.15, -0.1) is 0 Å². The van der Waals surface area contributed by atoms with E-state index in [9.17, 15) is 9.59 Å². The third-order valence-corrected chi connectivity index (χ3v) is 3.08. The lowest BCUT2D eigenvalue weighted by atomic mass is 10.1. The zero-order valence-electron chi connectivity index (χ0n) is 13.3. The molecule has 0 amide bonds. The molecule has 1 unspecified atom stereocenters. The van der Waals surface area contributed by atoms with E-state index >= 15 is 0 Å². The summed E-state index contributed by atoms with van der Waals surface area (Å²) in [6.45, 7) is 5.72. The van der Waals surface area contributed by atoms with Gasteiger partial charge in [-0.2, -0.15) is 0 Å². The molecule has 20 heavy (non-hydrogen) atoms. The van der Waals surface area contributed by atoms with E-state index in [0.29, 0.717) is 6.61 Å². The number of esters is 2. The number of ether oxygens (including phenoxy) is 2. The summed E-state index contributed by atoms with van der Waals surface area (Å²) >= 11 is 0. The number of hydrogen-bond acceptors (Lipinski definition) is 4. The van der Waals surface area contributed by atoms with Crippen molar-refractivity contribution in [3.8, 4) is 0 Å². The molecule has 0 saturated carbocycles. The molecule has 0 spiro atoms. The quantitative estimate of drug-likeness (QED) is 0.402. The van der Waals surface area contributed by atoms with E-state index in [4.69, 9.17) is 9.47 Å². The van der Waals surface area contributed by atoms with Crippen molar-refractivity contribution < 1.29 is 19.1 Å². The highest BCUT2D eigenvalue weighted by Gasteiger charge is 2.12. The second-order valence-electron chi connectivity index (χ2n) is 5.32. The van der Waals surface area contributed by atoms with Gasteiger partial charge in [0.05, 0.1) is 13.0 Å². The lowest BCUT2D eigenvalue weighted by molar-refractivity contribution is -0.152. The molecule has 0 rings (SSSR count). The van der Waals surface area contributed by atoms with Gasteiger partial charge in [-0.3, -0.25) is 9.59 Å². The molecule has 0 radical (unpaired) electrons. The molecule has 0 heterocycles. The Hall–Kier alpha value is -1.06. The first kappa shape index (κ1) is 18.9. The third kappa shape index (κ3) is 13.4. The molecule has 0 bridgehead atoms. The minimum Gasteiger partial charge on any atom is -0.466 e. The van der Waals surface area contributed by atoms with E-state index in [1.807, 2.05) is 0 Å². The van der Waals surface area contributed by atoms with E-state index in [1.165, 1.54) is 45.4 Å². The summed E-state index contributed by atoms with van der Waals surface area (Å²) in [6, 6.07) is 0. The Morgan fingerprint density at radius 1 is 0.950 bits per heavy atom. The van der Waals surface area contributed by atoms with Crippen LogP contribution in [0.3, 0.4) is 0 Å². The number of rotatable bonds is 12. The molecular weight excluding hydrogens is 256 g/mol. The Balaban J connectivity index is 3.33. The van der Waals surface area contributed by atoms with Crippen LogP contribution in [0.5, 0.6) is 0 Å². The second kappa shape index (κ2) is 12.9. The van der Waals surface area contributed by atoms with Crippen molar-refractivity contribution in [1.29, 1.82) is 0 Å². The van der Waals surface area contributed by atoms with Gasteiger partial charge in [0, 0.05) is 6.92 Å². The average molecular weight is 286 g/mol. The van der Waals surface area contributed by atoms with Gasteiger partial charge in [0.15, 0.2) is 0 Å². The first-order valence-electron chi connectivity index (χ1n) is 7.89. The number of hydrogen-bond donors (Lipinski definition) is 0. The molecule has 0 aliphatic rings. The molecule has 1 atom stereocenters. The Labute approximate surface area is 123 Å². The van der Waals surface area contributed by atoms with Crippen LogP contribution in [0.25, 0.3) is 0 Å². The molecule has 0 saturated heterocycles. The summed E-state index contributed by atoms with van der Waals surface area (Å²) < 4.78 is 9.98. The maximum absolute atomic E-state index is 11.4. The van der Waals surface area contributed by atoms with Crippen molar-refractivity contribution in [2.24, 2.45) is 0 Å². The minimum atomic E-state index is -0.404.